The summed E-state index contributed by atoms with van der Waals surface area (Å²) in [5, 5.41) is 12.8. The van der Waals surface area contributed by atoms with Crippen LogP contribution in [0.5, 0.6) is 0 Å². The molecular weight excluding hydrogens is 353 g/mol. The maximum Gasteiger partial charge on any atom is 0.416 e. The lowest BCUT2D eigenvalue weighted by atomic mass is 10.1. The number of fused-ring (bicyclic) bond motifs is 1. The monoisotopic (exact) mass is 366 g/mol. The average molecular weight is 366 g/mol. The van der Waals surface area contributed by atoms with E-state index in [0.717, 1.165) is 34.2 Å². The Bertz CT molecular complexity index is 1080. The van der Waals surface area contributed by atoms with E-state index in [0.29, 0.717) is 11.5 Å². The van der Waals surface area contributed by atoms with Gasteiger partial charge in [-0.15, -0.1) is 5.10 Å². The molecule has 0 radical (unpaired) electrons. The van der Waals surface area contributed by atoms with E-state index in [4.69, 9.17) is 0 Å². The van der Waals surface area contributed by atoms with Crippen molar-refractivity contribution >= 4 is 22.3 Å². The highest BCUT2D eigenvalue weighted by molar-refractivity contribution is 5.94. The van der Waals surface area contributed by atoms with Crippen LogP contribution in [-0.2, 0) is 6.18 Å². The molecule has 0 aliphatic carbocycles. The minimum atomic E-state index is -4.36. The van der Waals surface area contributed by atoms with Gasteiger partial charge in [0.2, 0.25) is 0 Å². The van der Waals surface area contributed by atoms with Crippen molar-refractivity contribution in [2.75, 3.05) is 5.32 Å². The maximum absolute atomic E-state index is 12.7. The largest absolute Gasteiger partial charge is 0.416 e. The number of alkyl halides is 3. The van der Waals surface area contributed by atoms with Crippen molar-refractivity contribution in [2.24, 2.45) is 0 Å². The number of pyridine rings is 1. The van der Waals surface area contributed by atoms with E-state index >= 15 is 0 Å². The summed E-state index contributed by atoms with van der Waals surface area (Å²) in [7, 11) is 0. The molecule has 0 saturated heterocycles. The van der Waals surface area contributed by atoms with Crippen molar-refractivity contribution in [3.63, 3.8) is 0 Å². The van der Waals surface area contributed by atoms with E-state index in [1.165, 1.54) is 12.1 Å². The van der Waals surface area contributed by atoms with E-state index in [1.807, 2.05) is 36.4 Å². The van der Waals surface area contributed by atoms with Crippen molar-refractivity contribution in [1.82, 2.24) is 15.2 Å². The molecule has 0 atom stereocenters. The Kier molecular flexibility index (Phi) is 4.19. The lowest BCUT2D eigenvalue weighted by Crippen LogP contribution is -2.04. The third-order valence-corrected chi connectivity index (χ3v) is 4.10. The van der Waals surface area contributed by atoms with Crippen molar-refractivity contribution in [1.29, 1.82) is 0 Å². The molecule has 0 spiro atoms. The van der Waals surface area contributed by atoms with Gasteiger partial charge in [0, 0.05) is 28.2 Å². The van der Waals surface area contributed by atoms with Gasteiger partial charge in [0.1, 0.15) is 0 Å². The smallest absolute Gasteiger partial charge is 0.338 e. The normalized spacial score (nSPS) is 11.5. The highest BCUT2D eigenvalue weighted by Crippen LogP contribution is 2.31. The molecule has 2 heterocycles. The summed E-state index contributed by atoms with van der Waals surface area (Å²) in [5.41, 5.74) is 1.58. The number of hydrogen-bond donors (Lipinski definition) is 1. The number of anilines is 2. The summed E-state index contributed by atoms with van der Waals surface area (Å²) in [5.74, 6) is 0.472. The third kappa shape index (κ3) is 3.57. The average Bonchev–Trinajstić information content (AvgIpc) is 2.68. The van der Waals surface area contributed by atoms with Crippen LogP contribution in [0.4, 0.5) is 24.7 Å². The van der Waals surface area contributed by atoms with Crippen molar-refractivity contribution in [3.05, 3.63) is 78.6 Å². The standard InChI is InChI=1S/C20H13F3N4/c21-20(22,23)15-5-7-16(8-6-15)26-19-17-9-4-13(11-14(17)12-25-27-19)18-3-1-2-10-24-18/h1-12H,(H,26,27). The molecule has 0 aliphatic heterocycles. The van der Waals surface area contributed by atoms with E-state index in [9.17, 15) is 13.2 Å². The lowest BCUT2D eigenvalue weighted by Gasteiger charge is -2.11. The molecule has 4 nitrogen and oxygen atoms in total. The SMILES string of the molecule is FC(F)(F)c1ccc(Nc2nncc3cc(-c4ccccn4)ccc23)cc1. The predicted octanol–water partition coefficient (Wildman–Crippen LogP) is 5.45. The van der Waals surface area contributed by atoms with E-state index in [2.05, 4.69) is 20.5 Å². The molecule has 2 aromatic carbocycles. The second kappa shape index (κ2) is 6.68. The summed E-state index contributed by atoms with van der Waals surface area (Å²) in [6, 6.07) is 16.2. The van der Waals surface area contributed by atoms with Gasteiger partial charge in [0.25, 0.3) is 0 Å². The summed E-state index contributed by atoms with van der Waals surface area (Å²) in [6.07, 6.45) is -0.999. The van der Waals surface area contributed by atoms with Crippen LogP contribution in [0.1, 0.15) is 5.56 Å². The highest BCUT2D eigenvalue weighted by Gasteiger charge is 2.29. The number of benzene rings is 2. The van der Waals surface area contributed by atoms with Gasteiger partial charge in [-0.25, -0.2) is 0 Å². The Balaban J connectivity index is 1.66. The Morgan fingerprint density at radius 3 is 2.41 bits per heavy atom. The van der Waals surface area contributed by atoms with Crippen LogP contribution in [0.3, 0.4) is 0 Å². The van der Waals surface area contributed by atoms with E-state index < -0.39 is 11.7 Å². The van der Waals surface area contributed by atoms with Gasteiger partial charge < -0.3 is 5.32 Å². The van der Waals surface area contributed by atoms with E-state index in [1.54, 1.807) is 12.4 Å². The van der Waals surface area contributed by atoms with Crippen LogP contribution in [0.15, 0.2) is 73.1 Å². The number of aromatic nitrogens is 3. The zero-order chi connectivity index (χ0) is 18.9. The van der Waals surface area contributed by atoms with Gasteiger partial charge in [-0.05, 0) is 48.5 Å². The third-order valence-electron chi connectivity index (χ3n) is 4.10. The molecule has 7 heteroatoms. The Hall–Kier alpha value is -3.48. The molecule has 0 fully saturated rings. The number of halogens is 3. The van der Waals surface area contributed by atoms with Crippen LogP contribution in [0.25, 0.3) is 22.0 Å². The number of hydrogen-bond acceptors (Lipinski definition) is 4. The molecule has 134 valence electrons. The molecule has 0 bridgehead atoms. The highest BCUT2D eigenvalue weighted by atomic mass is 19.4. The lowest BCUT2D eigenvalue weighted by molar-refractivity contribution is -0.137. The van der Waals surface area contributed by atoms with Gasteiger partial charge >= 0.3 is 6.18 Å². The van der Waals surface area contributed by atoms with Crippen LogP contribution in [0, 0.1) is 0 Å². The number of rotatable bonds is 3. The second-order valence-electron chi connectivity index (χ2n) is 5.91. The van der Waals surface area contributed by atoms with Crippen LogP contribution in [-0.4, -0.2) is 15.2 Å². The Morgan fingerprint density at radius 2 is 1.70 bits per heavy atom. The quantitative estimate of drug-likeness (QED) is 0.523. The molecule has 0 amide bonds. The molecule has 27 heavy (non-hydrogen) atoms. The first-order chi connectivity index (χ1) is 13.0. The number of nitrogens with one attached hydrogen (secondary N) is 1. The fourth-order valence-electron chi connectivity index (χ4n) is 2.75. The first kappa shape index (κ1) is 17.0. The molecule has 0 aliphatic rings. The first-order valence-electron chi connectivity index (χ1n) is 8.12. The van der Waals surface area contributed by atoms with Crippen LogP contribution in [0.2, 0.25) is 0 Å². The molecule has 4 rings (SSSR count). The topological polar surface area (TPSA) is 50.7 Å². The predicted molar refractivity (Wildman–Crippen MR) is 97.5 cm³/mol. The van der Waals surface area contributed by atoms with E-state index in [-0.39, 0.29) is 0 Å². The number of nitrogens with zero attached hydrogens (tertiary/aromatic N) is 3. The molecular formula is C20H13F3N4. The summed E-state index contributed by atoms with van der Waals surface area (Å²) < 4.78 is 38.1. The summed E-state index contributed by atoms with van der Waals surface area (Å²) in [4.78, 5) is 4.33. The van der Waals surface area contributed by atoms with Crippen molar-refractivity contribution in [2.45, 2.75) is 6.18 Å². The Morgan fingerprint density at radius 1 is 0.889 bits per heavy atom. The van der Waals surface area contributed by atoms with Gasteiger partial charge in [0.05, 0.1) is 17.5 Å². The first-order valence-corrected chi connectivity index (χ1v) is 8.12. The fourth-order valence-corrected chi connectivity index (χ4v) is 2.75. The fraction of sp³-hybridized carbons (Fsp3) is 0.0500. The van der Waals surface area contributed by atoms with Crippen LogP contribution < -0.4 is 5.32 Å². The maximum atomic E-state index is 12.7. The van der Waals surface area contributed by atoms with Gasteiger partial charge in [-0.2, -0.15) is 18.3 Å². The molecule has 2 aromatic heterocycles. The minimum absolute atomic E-state index is 0.472. The van der Waals surface area contributed by atoms with Gasteiger partial charge in [-0.1, -0.05) is 12.1 Å². The molecule has 4 aromatic rings. The van der Waals surface area contributed by atoms with Gasteiger partial charge in [-0.3, -0.25) is 4.98 Å². The van der Waals surface area contributed by atoms with Gasteiger partial charge in [0.15, 0.2) is 5.82 Å². The minimum Gasteiger partial charge on any atom is -0.338 e. The van der Waals surface area contributed by atoms with Crippen molar-refractivity contribution < 1.29 is 13.2 Å². The second-order valence-corrected chi connectivity index (χ2v) is 5.91. The zero-order valence-electron chi connectivity index (χ0n) is 13.9. The Labute approximate surface area is 152 Å². The summed E-state index contributed by atoms with van der Waals surface area (Å²) >= 11 is 0. The van der Waals surface area contributed by atoms with Crippen LogP contribution >= 0.6 is 0 Å². The van der Waals surface area contributed by atoms with Crippen molar-refractivity contribution in [3.8, 4) is 11.3 Å². The molecule has 0 unspecified atom stereocenters. The summed E-state index contributed by atoms with van der Waals surface area (Å²) in [6.45, 7) is 0. The molecule has 1 N–H and O–H groups in total. The molecule has 0 saturated carbocycles. The zero-order valence-corrected chi connectivity index (χ0v) is 13.9.